The van der Waals surface area contributed by atoms with Crippen LogP contribution in [-0.2, 0) is 22.6 Å². The van der Waals surface area contributed by atoms with E-state index in [1.807, 2.05) is 48.7 Å². The number of carboxylic acid groups (broad SMARTS) is 2. The zero-order valence-electron chi connectivity index (χ0n) is 15.0. The molecule has 0 unspecified atom stereocenters. The van der Waals surface area contributed by atoms with E-state index >= 15 is 0 Å². The standard InChI is InChI=1S/C19H25N3O4/c1-13(2)8-16(18(23)24)21-17(19(25)26)9-15-10-20-12-22(15)11-14-6-4-3-5-7-14/h3-7,10,12-13,16-17,21H,8-9,11H2,1-2H3,(H,23,24)(H,25,26)/t16-,17-/m0/s1. The normalized spacial score (nSPS) is 13.5. The van der Waals surface area contributed by atoms with Crippen molar-refractivity contribution < 1.29 is 19.8 Å². The molecule has 0 aliphatic heterocycles. The number of nitrogens with one attached hydrogen (secondary N) is 1. The molecule has 0 saturated heterocycles. The molecule has 0 bridgehead atoms. The highest BCUT2D eigenvalue weighted by Gasteiger charge is 2.27. The van der Waals surface area contributed by atoms with Crippen molar-refractivity contribution in [1.29, 1.82) is 0 Å². The maximum absolute atomic E-state index is 11.7. The maximum Gasteiger partial charge on any atom is 0.321 e. The lowest BCUT2D eigenvalue weighted by Gasteiger charge is -2.22. The number of imidazole rings is 1. The molecular weight excluding hydrogens is 334 g/mol. The van der Waals surface area contributed by atoms with Gasteiger partial charge in [0, 0.05) is 24.9 Å². The van der Waals surface area contributed by atoms with E-state index in [1.165, 1.54) is 0 Å². The molecule has 0 aliphatic rings. The third-order valence-corrected chi connectivity index (χ3v) is 4.11. The van der Waals surface area contributed by atoms with Crippen LogP contribution in [0.2, 0.25) is 0 Å². The summed E-state index contributed by atoms with van der Waals surface area (Å²) in [6.07, 6.45) is 3.80. The zero-order chi connectivity index (χ0) is 19.1. The molecule has 0 fully saturated rings. The van der Waals surface area contributed by atoms with Crippen molar-refractivity contribution in [2.24, 2.45) is 5.92 Å². The van der Waals surface area contributed by atoms with E-state index in [0.29, 0.717) is 13.0 Å². The first-order valence-corrected chi connectivity index (χ1v) is 8.61. The fraction of sp³-hybridized carbons (Fsp3) is 0.421. The Bertz CT molecular complexity index is 727. The summed E-state index contributed by atoms with van der Waals surface area (Å²) in [7, 11) is 0. The van der Waals surface area contributed by atoms with Crippen LogP contribution >= 0.6 is 0 Å². The highest BCUT2D eigenvalue weighted by molar-refractivity contribution is 5.77. The molecule has 3 N–H and O–H groups in total. The molecule has 2 aromatic rings. The minimum Gasteiger partial charge on any atom is -0.480 e. The minimum atomic E-state index is -1.08. The van der Waals surface area contributed by atoms with Gasteiger partial charge in [0.15, 0.2) is 0 Å². The highest BCUT2D eigenvalue weighted by Crippen LogP contribution is 2.11. The molecule has 0 aliphatic carbocycles. The van der Waals surface area contributed by atoms with Crippen LogP contribution in [-0.4, -0.2) is 43.8 Å². The molecule has 2 rings (SSSR count). The van der Waals surface area contributed by atoms with Crippen molar-refractivity contribution in [1.82, 2.24) is 14.9 Å². The van der Waals surface area contributed by atoms with E-state index in [9.17, 15) is 19.8 Å². The Hall–Kier alpha value is -2.67. The van der Waals surface area contributed by atoms with Gasteiger partial charge in [-0.3, -0.25) is 14.9 Å². The van der Waals surface area contributed by atoms with Crippen LogP contribution in [0.4, 0.5) is 0 Å². The van der Waals surface area contributed by atoms with Gasteiger partial charge in [0.05, 0.1) is 6.33 Å². The first kappa shape index (κ1) is 19.7. The van der Waals surface area contributed by atoms with Gasteiger partial charge < -0.3 is 14.8 Å². The molecule has 1 aromatic carbocycles. The number of nitrogens with zero attached hydrogens (tertiary/aromatic N) is 2. The highest BCUT2D eigenvalue weighted by atomic mass is 16.4. The second-order valence-electron chi connectivity index (χ2n) is 6.78. The third kappa shape index (κ3) is 5.70. The Morgan fingerprint density at radius 1 is 1.12 bits per heavy atom. The van der Waals surface area contributed by atoms with E-state index in [0.717, 1.165) is 11.3 Å². The summed E-state index contributed by atoms with van der Waals surface area (Å²) < 4.78 is 1.88. The second kappa shape index (κ2) is 9.15. The molecule has 26 heavy (non-hydrogen) atoms. The van der Waals surface area contributed by atoms with E-state index in [2.05, 4.69) is 10.3 Å². The second-order valence-corrected chi connectivity index (χ2v) is 6.78. The lowest BCUT2D eigenvalue weighted by molar-refractivity contribution is -0.142. The number of carbonyl (C=O) groups is 2. The Morgan fingerprint density at radius 2 is 1.77 bits per heavy atom. The number of benzene rings is 1. The van der Waals surface area contributed by atoms with Crippen LogP contribution in [0.25, 0.3) is 0 Å². The Labute approximate surface area is 152 Å². The fourth-order valence-electron chi connectivity index (χ4n) is 2.82. The summed E-state index contributed by atoms with van der Waals surface area (Å²) in [5.41, 5.74) is 1.82. The number of aliphatic carboxylic acids is 2. The van der Waals surface area contributed by atoms with Crippen molar-refractivity contribution in [3.63, 3.8) is 0 Å². The lowest BCUT2D eigenvalue weighted by atomic mass is 10.0. The van der Waals surface area contributed by atoms with E-state index < -0.39 is 24.0 Å². The average molecular weight is 359 g/mol. The maximum atomic E-state index is 11.7. The molecule has 0 spiro atoms. The quantitative estimate of drug-likeness (QED) is 0.599. The van der Waals surface area contributed by atoms with E-state index in [4.69, 9.17) is 0 Å². The Morgan fingerprint density at radius 3 is 2.35 bits per heavy atom. The van der Waals surface area contributed by atoms with Crippen LogP contribution in [0.5, 0.6) is 0 Å². The summed E-state index contributed by atoms with van der Waals surface area (Å²) in [5, 5.41) is 21.7. The first-order valence-electron chi connectivity index (χ1n) is 8.61. The molecule has 7 nitrogen and oxygen atoms in total. The number of hydrogen-bond acceptors (Lipinski definition) is 4. The van der Waals surface area contributed by atoms with E-state index in [-0.39, 0.29) is 12.3 Å². The predicted octanol–water partition coefficient (Wildman–Crippen LogP) is 2.02. The van der Waals surface area contributed by atoms with E-state index in [1.54, 1.807) is 12.5 Å². The van der Waals surface area contributed by atoms with Gasteiger partial charge in [-0.2, -0.15) is 0 Å². The Balaban J connectivity index is 2.12. The zero-order valence-corrected chi connectivity index (χ0v) is 15.0. The monoisotopic (exact) mass is 359 g/mol. The van der Waals surface area contributed by atoms with Gasteiger partial charge in [-0.05, 0) is 17.9 Å². The lowest BCUT2D eigenvalue weighted by Crippen LogP contribution is -2.49. The summed E-state index contributed by atoms with van der Waals surface area (Å²) in [4.78, 5) is 27.2. The fourth-order valence-corrected chi connectivity index (χ4v) is 2.82. The molecule has 0 saturated carbocycles. The largest absolute Gasteiger partial charge is 0.480 e. The van der Waals surface area contributed by atoms with Crippen molar-refractivity contribution in [2.45, 2.75) is 45.3 Å². The van der Waals surface area contributed by atoms with Crippen molar-refractivity contribution in [3.05, 3.63) is 54.1 Å². The van der Waals surface area contributed by atoms with Crippen molar-refractivity contribution >= 4 is 11.9 Å². The minimum absolute atomic E-state index is 0.140. The summed E-state index contributed by atoms with van der Waals surface area (Å²) in [5.74, 6) is -1.98. The third-order valence-electron chi connectivity index (χ3n) is 4.11. The van der Waals surface area contributed by atoms with Crippen LogP contribution < -0.4 is 5.32 Å². The van der Waals surface area contributed by atoms with Crippen LogP contribution in [0, 0.1) is 5.92 Å². The number of rotatable bonds is 10. The topological polar surface area (TPSA) is 104 Å². The summed E-state index contributed by atoms with van der Waals surface area (Å²) in [6, 6.07) is 7.89. The molecule has 0 radical (unpaired) electrons. The SMILES string of the molecule is CC(C)C[C@H](N[C@@H](Cc1cncn1Cc1ccccc1)C(=O)O)C(=O)O. The predicted molar refractivity (Wildman–Crippen MR) is 96.9 cm³/mol. The molecule has 1 heterocycles. The van der Waals surface area contributed by atoms with Gasteiger partial charge in [0.1, 0.15) is 12.1 Å². The number of carboxylic acids is 2. The first-order chi connectivity index (χ1) is 12.4. The average Bonchev–Trinajstić information content (AvgIpc) is 3.00. The van der Waals surface area contributed by atoms with Gasteiger partial charge in [-0.15, -0.1) is 0 Å². The van der Waals surface area contributed by atoms with Crippen molar-refractivity contribution in [2.75, 3.05) is 0 Å². The van der Waals surface area contributed by atoms with Crippen LogP contribution in [0.1, 0.15) is 31.5 Å². The molecule has 7 heteroatoms. The number of aromatic nitrogens is 2. The molecular formula is C19H25N3O4. The molecule has 1 aromatic heterocycles. The summed E-state index contributed by atoms with van der Waals surface area (Å²) >= 11 is 0. The van der Waals surface area contributed by atoms with Crippen LogP contribution in [0.3, 0.4) is 0 Å². The van der Waals surface area contributed by atoms with Gasteiger partial charge in [0.2, 0.25) is 0 Å². The Kier molecular flexibility index (Phi) is 6.91. The van der Waals surface area contributed by atoms with Gasteiger partial charge in [0.25, 0.3) is 0 Å². The van der Waals surface area contributed by atoms with Crippen LogP contribution in [0.15, 0.2) is 42.9 Å². The molecule has 140 valence electrons. The van der Waals surface area contributed by atoms with Gasteiger partial charge in [-0.25, -0.2) is 4.98 Å². The van der Waals surface area contributed by atoms with Gasteiger partial charge in [-0.1, -0.05) is 44.2 Å². The number of hydrogen-bond donors (Lipinski definition) is 3. The van der Waals surface area contributed by atoms with Crippen molar-refractivity contribution in [3.8, 4) is 0 Å². The van der Waals surface area contributed by atoms with Gasteiger partial charge >= 0.3 is 11.9 Å². The molecule has 2 atom stereocenters. The summed E-state index contributed by atoms with van der Waals surface area (Å²) in [6.45, 7) is 4.39. The smallest absolute Gasteiger partial charge is 0.321 e. The molecule has 0 amide bonds.